The average molecular weight is 312 g/mol. The van der Waals surface area contributed by atoms with E-state index in [1.807, 2.05) is 39.0 Å². The zero-order valence-electron chi connectivity index (χ0n) is 13.6. The third kappa shape index (κ3) is 2.84. The second kappa shape index (κ2) is 5.87. The molecule has 0 radical (unpaired) electrons. The van der Waals surface area contributed by atoms with Gasteiger partial charge in [-0.25, -0.2) is 4.98 Å². The van der Waals surface area contributed by atoms with Crippen LogP contribution >= 0.6 is 0 Å². The third-order valence-corrected chi connectivity index (χ3v) is 4.11. The molecule has 1 N–H and O–H groups in total. The molecule has 3 rings (SSSR count). The lowest BCUT2D eigenvalue weighted by molar-refractivity contribution is 0.0707. The number of rotatable bonds is 3. The summed E-state index contributed by atoms with van der Waals surface area (Å²) in [6.45, 7) is 7.85. The first-order valence-electron chi connectivity index (χ1n) is 7.74. The number of nitrogens with zero attached hydrogens (tertiary/aromatic N) is 3. The number of likely N-dealkylation sites (N-methyl/N-ethyl adjacent to an activating group) is 1. The van der Waals surface area contributed by atoms with Gasteiger partial charge in [0.2, 0.25) is 0 Å². The fourth-order valence-electron chi connectivity index (χ4n) is 2.78. The minimum Gasteiger partial charge on any atom is -0.334 e. The van der Waals surface area contributed by atoms with Crippen LogP contribution in [0.5, 0.6) is 0 Å². The minimum atomic E-state index is -0.297. The van der Waals surface area contributed by atoms with Crippen LogP contribution in [0.3, 0.4) is 0 Å². The maximum absolute atomic E-state index is 12.4. The standard InChI is InChI=1S/C17H20N4O2/c1-4-20-7-8-21-10-14(18-15(21)17(20)23)16(22)19-13-6-5-11(2)9-12(13)3/h5-6,9-10H,4,7-8H2,1-3H3,(H,19,22). The topological polar surface area (TPSA) is 67.2 Å². The van der Waals surface area contributed by atoms with Gasteiger partial charge in [-0.05, 0) is 32.4 Å². The van der Waals surface area contributed by atoms with Crippen LogP contribution in [0.15, 0.2) is 24.4 Å². The normalized spacial score (nSPS) is 13.9. The monoisotopic (exact) mass is 312 g/mol. The molecule has 0 aliphatic carbocycles. The molecule has 1 aliphatic heterocycles. The van der Waals surface area contributed by atoms with Gasteiger partial charge in [-0.15, -0.1) is 0 Å². The van der Waals surface area contributed by atoms with Gasteiger partial charge >= 0.3 is 0 Å². The van der Waals surface area contributed by atoms with Crippen molar-refractivity contribution in [3.8, 4) is 0 Å². The van der Waals surface area contributed by atoms with Gasteiger partial charge in [0, 0.05) is 31.5 Å². The summed E-state index contributed by atoms with van der Waals surface area (Å²) in [7, 11) is 0. The molecule has 1 aromatic heterocycles. The molecule has 2 amide bonds. The Hall–Kier alpha value is -2.63. The summed E-state index contributed by atoms with van der Waals surface area (Å²) in [6, 6.07) is 5.84. The lowest BCUT2D eigenvalue weighted by Crippen LogP contribution is -2.40. The number of carbonyl (C=O) groups excluding carboxylic acids is 2. The Morgan fingerprint density at radius 3 is 2.78 bits per heavy atom. The van der Waals surface area contributed by atoms with Crippen molar-refractivity contribution in [1.29, 1.82) is 0 Å². The van der Waals surface area contributed by atoms with Crippen LogP contribution in [-0.4, -0.2) is 39.4 Å². The number of fused-ring (bicyclic) bond motifs is 1. The largest absolute Gasteiger partial charge is 0.334 e. The Kier molecular flexibility index (Phi) is 3.90. The molecular formula is C17H20N4O2. The minimum absolute atomic E-state index is 0.121. The highest BCUT2D eigenvalue weighted by Crippen LogP contribution is 2.18. The number of anilines is 1. The van der Waals surface area contributed by atoms with Crippen LogP contribution < -0.4 is 5.32 Å². The lowest BCUT2D eigenvalue weighted by Gasteiger charge is -2.25. The number of aryl methyl sites for hydroxylation is 2. The molecule has 0 atom stereocenters. The number of nitrogens with one attached hydrogen (secondary N) is 1. The molecule has 6 heteroatoms. The van der Waals surface area contributed by atoms with Crippen molar-refractivity contribution in [1.82, 2.24) is 14.5 Å². The molecule has 1 aliphatic rings. The third-order valence-electron chi connectivity index (χ3n) is 4.11. The van der Waals surface area contributed by atoms with Gasteiger partial charge in [-0.1, -0.05) is 17.7 Å². The van der Waals surface area contributed by atoms with Crippen molar-refractivity contribution in [2.24, 2.45) is 0 Å². The molecule has 0 spiro atoms. The van der Waals surface area contributed by atoms with Gasteiger partial charge in [-0.3, -0.25) is 9.59 Å². The molecule has 0 saturated heterocycles. The Morgan fingerprint density at radius 1 is 1.30 bits per heavy atom. The van der Waals surface area contributed by atoms with Crippen LogP contribution in [0.2, 0.25) is 0 Å². The van der Waals surface area contributed by atoms with E-state index in [1.54, 1.807) is 15.7 Å². The summed E-state index contributed by atoms with van der Waals surface area (Å²) in [4.78, 5) is 30.6. The van der Waals surface area contributed by atoms with E-state index in [4.69, 9.17) is 0 Å². The number of imidazole rings is 1. The average Bonchev–Trinajstić information content (AvgIpc) is 2.96. The number of benzene rings is 1. The number of hydrogen-bond donors (Lipinski definition) is 1. The molecule has 0 unspecified atom stereocenters. The van der Waals surface area contributed by atoms with Crippen molar-refractivity contribution >= 4 is 17.5 Å². The van der Waals surface area contributed by atoms with Gasteiger partial charge < -0.3 is 14.8 Å². The molecule has 23 heavy (non-hydrogen) atoms. The van der Waals surface area contributed by atoms with Gasteiger partial charge in [0.15, 0.2) is 5.82 Å². The van der Waals surface area contributed by atoms with Crippen molar-refractivity contribution in [2.45, 2.75) is 27.3 Å². The first kappa shape index (κ1) is 15.3. The Bertz CT molecular complexity index is 779. The summed E-state index contributed by atoms with van der Waals surface area (Å²) < 4.78 is 1.76. The van der Waals surface area contributed by atoms with Crippen LogP contribution in [0.25, 0.3) is 0 Å². The van der Waals surface area contributed by atoms with E-state index in [2.05, 4.69) is 10.3 Å². The van der Waals surface area contributed by atoms with E-state index >= 15 is 0 Å². The molecule has 0 bridgehead atoms. The molecule has 0 saturated carbocycles. The summed E-state index contributed by atoms with van der Waals surface area (Å²) in [5.74, 6) is -0.0807. The molecule has 2 heterocycles. The van der Waals surface area contributed by atoms with E-state index in [0.717, 1.165) is 16.8 Å². The molecule has 6 nitrogen and oxygen atoms in total. The zero-order chi connectivity index (χ0) is 16.6. The number of amides is 2. The van der Waals surface area contributed by atoms with Crippen molar-refractivity contribution in [2.75, 3.05) is 18.4 Å². The molecule has 2 aromatic rings. The van der Waals surface area contributed by atoms with Crippen LogP contribution in [0.4, 0.5) is 5.69 Å². The summed E-state index contributed by atoms with van der Waals surface area (Å²) in [5, 5.41) is 2.86. The quantitative estimate of drug-likeness (QED) is 0.945. The van der Waals surface area contributed by atoms with Crippen molar-refractivity contribution in [3.63, 3.8) is 0 Å². The predicted molar refractivity (Wildman–Crippen MR) is 87.7 cm³/mol. The summed E-state index contributed by atoms with van der Waals surface area (Å²) in [5.41, 5.74) is 3.16. The fraction of sp³-hybridized carbons (Fsp3) is 0.353. The van der Waals surface area contributed by atoms with Gasteiger partial charge in [-0.2, -0.15) is 0 Å². The zero-order valence-corrected chi connectivity index (χ0v) is 13.6. The molecule has 0 fully saturated rings. The maximum atomic E-state index is 12.4. The Morgan fingerprint density at radius 2 is 2.09 bits per heavy atom. The first-order valence-corrected chi connectivity index (χ1v) is 7.74. The highest BCUT2D eigenvalue weighted by atomic mass is 16.2. The van der Waals surface area contributed by atoms with Gasteiger partial charge in [0.25, 0.3) is 11.8 Å². The molecular weight excluding hydrogens is 292 g/mol. The van der Waals surface area contributed by atoms with Crippen molar-refractivity contribution in [3.05, 3.63) is 47.0 Å². The highest BCUT2D eigenvalue weighted by molar-refractivity contribution is 6.04. The number of carbonyl (C=O) groups is 2. The SMILES string of the molecule is CCN1CCn2cc(C(=O)Nc3ccc(C)cc3C)nc2C1=O. The second-order valence-corrected chi connectivity index (χ2v) is 5.80. The molecule has 1 aromatic carbocycles. The smallest absolute Gasteiger partial charge is 0.289 e. The number of hydrogen-bond acceptors (Lipinski definition) is 3. The van der Waals surface area contributed by atoms with Crippen LogP contribution in [0.1, 0.15) is 39.2 Å². The molecule has 120 valence electrons. The van der Waals surface area contributed by atoms with E-state index in [0.29, 0.717) is 25.5 Å². The van der Waals surface area contributed by atoms with E-state index < -0.39 is 0 Å². The Labute approximate surface area is 135 Å². The Balaban J connectivity index is 1.83. The van der Waals surface area contributed by atoms with Crippen LogP contribution in [0, 0.1) is 13.8 Å². The lowest BCUT2D eigenvalue weighted by atomic mass is 10.1. The highest BCUT2D eigenvalue weighted by Gasteiger charge is 2.27. The summed E-state index contributed by atoms with van der Waals surface area (Å²) >= 11 is 0. The number of aromatic nitrogens is 2. The van der Waals surface area contributed by atoms with Gasteiger partial charge in [0.1, 0.15) is 5.69 Å². The van der Waals surface area contributed by atoms with Gasteiger partial charge in [0.05, 0.1) is 0 Å². The second-order valence-electron chi connectivity index (χ2n) is 5.80. The van der Waals surface area contributed by atoms with Crippen molar-refractivity contribution < 1.29 is 9.59 Å². The van der Waals surface area contributed by atoms with E-state index in [1.165, 1.54) is 0 Å². The fourth-order valence-corrected chi connectivity index (χ4v) is 2.78. The summed E-state index contributed by atoms with van der Waals surface area (Å²) in [6.07, 6.45) is 1.65. The predicted octanol–water partition coefficient (Wildman–Crippen LogP) is 2.23. The van der Waals surface area contributed by atoms with Crippen LogP contribution in [-0.2, 0) is 6.54 Å². The maximum Gasteiger partial charge on any atom is 0.289 e. The van der Waals surface area contributed by atoms with E-state index in [9.17, 15) is 9.59 Å². The first-order chi connectivity index (χ1) is 11.0. The van der Waals surface area contributed by atoms with E-state index in [-0.39, 0.29) is 17.5 Å².